The standard InChI is InChI=1S/C15H12F3N/c1-8-2-3-13-9(4-8)7-14(19-13)10-5-11(16)15(18)12(17)6-10/h2-6,14,19H,7H2,1H3. The Morgan fingerprint density at radius 1 is 1.05 bits per heavy atom. The van der Waals surface area contributed by atoms with E-state index in [2.05, 4.69) is 5.32 Å². The van der Waals surface area contributed by atoms with Crippen LogP contribution in [0.25, 0.3) is 0 Å². The Labute approximate surface area is 109 Å². The van der Waals surface area contributed by atoms with Gasteiger partial charge in [-0.3, -0.25) is 0 Å². The quantitative estimate of drug-likeness (QED) is 0.763. The Morgan fingerprint density at radius 3 is 2.42 bits per heavy atom. The maximum absolute atomic E-state index is 13.2. The lowest BCUT2D eigenvalue weighted by molar-refractivity contribution is 0.444. The highest BCUT2D eigenvalue weighted by Crippen LogP contribution is 2.35. The van der Waals surface area contributed by atoms with Crippen LogP contribution in [0.1, 0.15) is 22.7 Å². The fraction of sp³-hybridized carbons (Fsp3) is 0.200. The van der Waals surface area contributed by atoms with Crippen LogP contribution in [-0.4, -0.2) is 0 Å². The summed E-state index contributed by atoms with van der Waals surface area (Å²) in [5.41, 5.74) is 3.62. The van der Waals surface area contributed by atoms with Gasteiger partial charge in [0.2, 0.25) is 0 Å². The maximum Gasteiger partial charge on any atom is 0.194 e. The molecule has 1 aliphatic rings. The van der Waals surface area contributed by atoms with E-state index >= 15 is 0 Å². The molecule has 1 atom stereocenters. The lowest BCUT2D eigenvalue weighted by atomic mass is 10.0. The molecule has 4 heteroatoms. The van der Waals surface area contributed by atoms with Gasteiger partial charge in [-0.25, -0.2) is 13.2 Å². The van der Waals surface area contributed by atoms with Crippen molar-refractivity contribution in [3.05, 3.63) is 64.5 Å². The van der Waals surface area contributed by atoms with E-state index < -0.39 is 17.5 Å². The first-order valence-electron chi connectivity index (χ1n) is 6.05. The fourth-order valence-electron chi connectivity index (χ4n) is 2.47. The minimum atomic E-state index is -1.42. The van der Waals surface area contributed by atoms with E-state index in [1.54, 1.807) is 0 Å². The average molecular weight is 263 g/mol. The van der Waals surface area contributed by atoms with Crippen molar-refractivity contribution >= 4 is 5.69 Å². The largest absolute Gasteiger partial charge is 0.378 e. The average Bonchev–Trinajstić information content (AvgIpc) is 2.78. The molecule has 1 N–H and O–H groups in total. The molecule has 0 aromatic heterocycles. The zero-order chi connectivity index (χ0) is 13.6. The topological polar surface area (TPSA) is 12.0 Å². The fourth-order valence-corrected chi connectivity index (χ4v) is 2.47. The summed E-state index contributed by atoms with van der Waals surface area (Å²) >= 11 is 0. The third-order valence-corrected chi connectivity index (χ3v) is 3.42. The Kier molecular flexibility index (Phi) is 2.73. The molecule has 0 fully saturated rings. The summed E-state index contributed by atoms with van der Waals surface area (Å²) in [5, 5.41) is 3.20. The zero-order valence-corrected chi connectivity index (χ0v) is 10.3. The molecule has 2 aromatic carbocycles. The van der Waals surface area contributed by atoms with Crippen LogP contribution in [0, 0.1) is 24.4 Å². The first-order chi connectivity index (χ1) is 9.04. The van der Waals surface area contributed by atoms with Gasteiger partial charge >= 0.3 is 0 Å². The van der Waals surface area contributed by atoms with E-state index in [4.69, 9.17) is 0 Å². The predicted octanol–water partition coefficient (Wildman–Crippen LogP) is 4.12. The molecule has 0 spiro atoms. The second-order valence-corrected chi connectivity index (χ2v) is 4.86. The van der Waals surface area contributed by atoms with E-state index in [1.165, 1.54) is 0 Å². The molecular formula is C15H12F3N. The molecule has 2 aromatic rings. The third-order valence-electron chi connectivity index (χ3n) is 3.42. The number of fused-ring (bicyclic) bond motifs is 1. The van der Waals surface area contributed by atoms with Crippen LogP contribution in [0.5, 0.6) is 0 Å². The molecule has 0 radical (unpaired) electrons. The van der Waals surface area contributed by atoms with Gasteiger partial charge in [-0.1, -0.05) is 17.7 Å². The molecule has 19 heavy (non-hydrogen) atoms. The van der Waals surface area contributed by atoms with Gasteiger partial charge in [0.05, 0.1) is 6.04 Å². The normalized spacial score (nSPS) is 17.2. The van der Waals surface area contributed by atoms with Crippen LogP contribution in [0.2, 0.25) is 0 Å². The number of halogens is 3. The summed E-state index contributed by atoms with van der Waals surface area (Å²) in [5.74, 6) is -3.72. The van der Waals surface area contributed by atoms with Gasteiger partial charge in [0, 0.05) is 5.69 Å². The van der Waals surface area contributed by atoms with Gasteiger partial charge in [0.25, 0.3) is 0 Å². The lowest BCUT2D eigenvalue weighted by Gasteiger charge is -2.12. The minimum Gasteiger partial charge on any atom is -0.378 e. The van der Waals surface area contributed by atoms with Crippen LogP contribution >= 0.6 is 0 Å². The second kappa shape index (κ2) is 4.30. The molecule has 0 saturated carbocycles. The predicted molar refractivity (Wildman–Crippen MR) is 67.6 cm³/mol. The van der Waals surface area contributed by atoms with Crippen molar-refractivity contribution in [3.8, 4) is 0 Å². The highest BCUT2D eigenvalue weighted by molar-refractivity contribution is 5.59. The molecule has 1 aliphatic heterocycles. The summed E-state index contributed by atoms with van der Waals surface area (Å²) in [6, 6.07) is 7.84. The van der Waals surface area contributed by atoms with E-state index in [9.17, 15) is 13.2 Å². The van der Waals surface area contributed by atoms with Crippen LogP contribution in [0.4, 0.5) is 18.9 Å². The number of hydrogen-bond donors (Lipinski definition) is 1. The number of aryl methyl sites for hydroxylation is 1. The van der Waals surface area contributed by atoms with Gasteiger partial charge in [-0.15, -0.1) is 0 Å². The van der Waals surface area contributed by atoms with E-state index in [-0.39, 0.29) is 6.04 Å². The van der Waals surface area contributed by atoms with Gasteiger partial charge in [-0.05, 0) is 42.7 Å². The highest BCUT2D eigenvalue weighted by Gasteiger charge is 2.24. The van der Waals surface area contributed by atoms with Gasteiger partial charge in [-0.2, -0.15) is 0 Å². The summed E-state index contributed by atoms with van der Waals surface area (Å²) in [4.78, 5) is 0. The van der Waals surface area contributed by atoms with Crippen molar-refractivity contribution in [1.29, 1.82) is 0 Å². The summed E-state index contributed by atoms with van der Waals surface area (Å²) in [7, 11) is 0. The summed E-state index contributed by atoms with van der Waals surface area (Å²) in [6.07, 6.45) is 0.640. The van der Waals surface area contributed by atoms with E-state index in [1.807, 2.05) is 25.1 Å². The number of benzene rings is 2. The zero-order valence-electron chi connectivity index (χ0n) is 10.3. The van der Waals surface area contributed by atoms with E-state index in [0.29, 0.717) is 12.0 Å². The van der Waals surface area contributed by atoms with Gasteiger partial charge in [0.15, 0.2) is 17.5 Å². The maximum atomic E-state index is 13.2. The molecule has 0 aliphatic carbocycles. The molecular weight excluding hydrogens is 251 g/mol. The molecule has 0 bridgehead atoms. The number of nitrogens with one attached hydrogen (secondary N) is 1. The van der Waals surface area contributed by atoms with Crippen LogP contribution in [-0.2, 0) is 6.42 Å². The third kappa shape index (κ3) is 2.07. The first kappa shape index (κ1) is 12.1. The first-order valence-corrected chi connectivity index (χ1v) is 6.05. The molecule has 0 saturated heterocycles. The smallest absolute Gasteiger partial charge is 0.194 e. The Hall–Kier alpha value is -1.97. The highest BCUT2D eigenvalue weighted by atomic mass is 19.2. The summed E-state index contributed by atoms with van der Waals surface area (Å²) in [6.45, 7) is 1.99. The van der Waals surface area contributed by atoms with Crippen LogP contribution in [0.15, 0.2) is 30.3 Å². The Bertz CT molecular complexity index is 629. The number of anilines is 1. The minimum absolute atomic E-state index is 0.221. The van der Waals surface area contributed by atoms with E-state index in [0.717, 1.165) is 28.9 Å². The Morgan fingerprint density at radius 2 is 1.74 bits per heavy atom. The van der Waals surface area contributed by atoms with Crippen molar-refractivity contribution < 1.29 is 13.2 Å². The molecule has 0 amide bonds. The Balaban J connectivity index is 1.95. The number of hydrogen-bond acceptors (Lipinski definition) is 1. The molecule has 1 nitrogen and oxygen atoms in total. The molecule has 1 heterocycles. The van der Waals surface area contributed by atoms with Gasteiger partial charge < -0.3 is 5.32 Å². The van der Waals surface area contributed by atoms with Crippen molar-refractivity contribution in [2.45, 2.75) is 19.4 Å². The lowest BCUT2D eigenvalue weighted by Crippen LogP contribution is -2.07. The van der Waals surface area contributed by atoms with Gasteiger partial charge in [0.1, 0.15) is 0 Å². The molecule has 1 unspecified atom stereocenters. The van der Waals surface area contributed by atoms with Crippen LogP contribution in [0.3, 0.4) is 0 Å². The van der Waals surface area contributed by atoms with Crippen molar-refractivity contribution in [3.63, 3.8) is 0 Å². The van der Waals surface area contributed by atoms with Crippen molar-refractivity contribution in [2.24, 2.45) is 0 Å². The second-order valence-electron chi connectivity index (χ2n) is 4.86. The molecule has 98 valence electrons. The molecule has 3 rings (SSSR count). The van der Waals surface area contributed by atoms with Crippen molar-refractivity contribution in [2.75, 3.05) is 5.32 Å². The number of rotatable bonds is 1. The van der Waals surface area contributed by atoms with Crippen molar-refractivity contribution in [1.82, 2.24) is 0 Å². The monoisotopic (exact) mass is 263 g/mol. The van der Waals surface area contributed by atoms with Crippen LogP contribution < -0.4 is 5.32 Å². The summed E-state index contributed by atoms with van der Waals surface area (Å²) < 4.78 is 39.4. The SMILES string of the molecule is Cc1ccc2c(c1)CC(c1cc(F)c(F)c(F)c1)N2.